The monoisotopic (exact) mass is 342 g/mol. The predicted octanol–water partition coefficient (Wildman–Crippen LogP) is 2.90. The summed E-state index contributed by atoms with van der Waals surface area (Å²) < 4.78 is 7.94. The Labute approximate surface area is 151 Å². The molecule has 0 saturated carbocycles. The standard InChI is InChI=1S/C20H30N4O/c1-3-21-20(22-11-14-24-12-7-8-13-24)23-15-18(2)16-25-17-19-9-5-4-6-10-19/h4-10,12-13,18H,3,11,14-17H2,1-2H3,(H2,21,22,23). The van der Waals surface area contributed by atoms with Crippen molar-refractivity contribution in [3.8, 4) is 0 Å². The summed E-state index contributed by atoms with van der Waals surface area (Å²) in [6.07, 6.45) is 4.13. The fourth-order valence-electron chi connectivity index (χ4n) is 2.42. The number of aliphatic imine (C=N–C) groups is 1. The first-order valence-electron chi connectivity index (χ1n) is 9.02. The average molecular weight is 342 g/mol. The van der Waals surface area contributed by atoms with Crippen molar-refractivity contribution >= 4 is 5.96 Å². The third kappa shape index (κ3) is 7.90. The zero-order valence-corrected chi connectivity index (χ0v) is 15.3. The number of nitrogens with one attached hydrogen (secondary N) is 2. The Morgan fingerprint density at radius 1 is 1.12 bits per heavy atom. The molecule has 0 amide bonds. The zero-order chi connectivity index (χ0) is 17.7. The molecule has 1 heterocycles. The van der Waals surface area contributed by atoms with Gasteiger partial charge in [0.25, 0.3) is 0 Å². The quantitative estimate of drug-likeness (QED) is 0.516. The van der Waals surface area contributed by atoms with Gasteiger partial charge in [-0.2, -0.15) is 0 Å². The summed E-state index contributed by atoms with van der Waals surface area (Å²) in [5, 5.41) is 6.66. The van der Waals surface area contributed by atoms with Gasteiger partial charge in [0.2, 0.25) is 0 Å². The first-order chi connectivity index (χ1) is 12.3. The Hall–Kier alpha value is -2.27. The third-order valence-corrected chi connectivity index (χ3v) is 3.75. The minimum absolute atomic E-state index is 0.378. The number of guanidine groups is 1. The maximum Gasteiger partial charge on any atom is 0.191 e. The highest BCUT2D eigenvalue weighted by Gasteiger charge is 2.03. The molecule has 1 aromatic carbocycles. The van der Waals surface area contributed by atoms with E-state index in [4.69, 9.17) is 4.74 Å². The lowest BCUT2D eigenvalue weighted by atomic mass is 10.2. The molecule has 1 unspecified atom stereocenters. The van der Waals surface area contributed by atoms with Crippen LogP contribution >= 0.6 is 0 Å². The van der Waals surface area contributed by atoms with E-state index in [1.54, 1.807) is 0 Å². The van der Waals surface area contributed by atoms with Gasteiger partial charge in [0.05, 0.1) is 13.2 Å². The molecular weight excluding hydrogens is 312 g/mol. The largest absolute Gasteiger partial charge is 0.376 e. The summed E-state index contributed by atoms with van der Waals surface area (Å²) >= 11 is 0. The minimum atomic E-state index is 0.378. The Morgan fingerprint density at radius 3 is 2.60 bits per heavy atom. The number of aromatic nitrogens is 1. The molecule has 0 saturated heterocycles. The summed E-state index contributed by atoms with van der Waals surface area (Å²) in [6, 6.07) is 14.3. The van der Waals surface area contributed by atoms with Crippen LogP contribution in [0.1, 0.15) is 19.4 Å². The van der Waals surface area contributed by atoms with E-state index in [0.717, 1.165) is 32.1 Å². The van der Waals surface area contributed by atoms with E-state index in [0.29, 0.717) is 19.1 Å². The number of hydrogen-bond acceptors (Lipinski definition) is 2. The first kappa shape index (κ1) is 19.1. The molecule has 1 aromatic heterocycles. The van der Waals surface area contributed by atoms with Crippen LogP contribution in [0.4, 0.5) is 0 Å². The number of hydrogen-bond donors (Lipinski definition) is 2. The van der Waals surface area contributed by atoms with Crippen molar-refractivity contribution < 1.29 is 4.74 Å². The van der Waals surface area contributed by atoms with E-state index < -0.39 is 0 Å². The van der Waals surface area contributed by atoms with Gasteiger partial charge in [0.15, 0.2) is 5.96 Å². The third-order valence-electron chi connectivity index (χ3n) is 3.75. The van der Waals surface area contributed by atoms with Gasteiger partial charge in [-0.3, -0.25) is 4.99 Å². The Morgan fingerprint density at radius 2 is 1.88 bits per heavy atom. The van der Waals surface area contributed by atoms with Gasteiger partial charge < -0.3 is 19.9 Å². The van der Waals surface area contributed by atoms with Crippen LogP contribution in [-0.2, 0) is 17.9 Å². The van der Waals surface area contributed by atoms with Crippen LogP contribution < -0.4 is 10.6 Å². The second kappa shape index (κ2) is 11.3. The summed E-state index contributed by atoms with van der Waals surface area (Å²) in [7, 11) is 0. The van der Waals surface area contributed by atoms with E-state index in [2.05, 4.69) is 58.6 Å². The lowest BCUT2D eigenvalue weighted by Crippen LogP contribution is -2.39. The van der Waals surface area contributed by atoms with Crippen molar-refractivity contribution in [2.24, 2.45) is 10.9 Å². The Kier molecular flexibility index (Phi) is 8.63. The fraction of sp³-hybridized carbons (Fsp3) is 0.450. The highest BCUT2D eigenvalue weighted by Crippen LogP contribution is 2.03. The van der Waals surface area contributed by atoms with Gasteiger partial charge in [-0.1, -0.05) is 37.3 Å². The molecule has 25 heavy (non-hydrogen) atoms. The van der Waals surface area contributed by atoms with Crippen molar-refractivity contribution in [1.29, 1.82) is 0 Å². The molecule has 2 rings (SSSR count). The highest BCUT2D eigenvalue weighted by molar-refractivity contribution is 5.79. The summed E-state index contributed by atoms with van der Waals surface area (Å²) in [5.41, 5.74) is 1.21. The fourth-order valence-corrected chi connectivity index (χ4v) is 2.42. The van der Waals surface area contributed by atoms with Gasteiger partial charge in [0, 0.05) is 38.6 Å². The van der Waals surface area contributed by atoms with E-state index >= 15 is 0 Å². The summed E-state index contributed by atoms with van der Waals surface area (Å²) in [5.74, 6) is 1.24. The van der Waals surface area contributed by atoms with Gasteiger partial charge >= 0.3 is 0 Å². The van der Waals surface area contributed by atoms with Crippen molar-refractivity contribution in [2.75, 3.05) is 26.2 Å². The zero-order valence-electron chi connectivity index (χ0n) is 15.3. The maximum atomic E-state index is 5.79. The number of rotatable bonds is 10. The van der Waals surface area contributed by atoms with Crippen LogP contribution in [-0.4, -0.2) is 36.8 Å². The molecule has 2 N–H and O–H groups in total. The highest BCUT2D eigenvalue weighted by atomic mass is 16.5. The second-order valence-corrected chi connectivity index (χ2v) is 6.17. The van der Waals surface area contributed by atoms with Crippen molar-refractivity contribution in [3.05, 3.63) is 60.4 Å². The lowest BCUT2D eigenvalue weighted by Gasteiger charge is -2.14. The van der Waals surface area contributed by atoms with Crippen LogP contribution in [0.5, 0.6) is 0 Å². The predicted molar refractivity (Wildman–Crippen MR) is 104 cm³/mol. The second-order valence-electron chi connectivity index (χ2n) is 6.17. The molecule has 5 nitrogen and oxygen atoms in total. The number of benzene rings is 1. The van der Waals surface area contributed by atoms with Crippen LogP contribution in [0.2, 0.25) is 0 Å². The smallest absolute Gasteiger partial charge is 0.191 e. The molecule has 0 spiro atoms. The van der Waals surface area contributed by atoms with Crippen molar-refractivity contribution in [1.82, 2.24) is 15.2 Å². The van der Waals surface area contributed by atoms with Gasteiger partial charge in [-0.15, -0.1) is 0 Å². The molecule has 0 radical (unpaired) electrons. The Balaban J connectivity index is 1.67. The van der Waals surface area contributed by atoms with Gasteiger partial charge in [-0.05, 0) is 30.5 Å². The van der Waals surface area contributed by atoms with Crippen LogP contribution in [0.15, 0.2) is 59.9 Å². The molecular formula is C20H30N4O. The van der Waals surface area contributed by atoms with Crippen molar-refractivity contribution in [2.45, 2.75) is 27.0 Å². The Bertz CT molecular complexity index is 595. The first-order valence-corrected chi connectivity index (χ1v) is 9.02. The van der Waals surface area contributed by atoms with Crippen molar-refractivity contribution in [3.63, 3.8) is 0 Å². The molecule has 136 valence electrons. The molecule has 2 aromatic rings. The molecule has 0 bridgehead atoms. The van der Waals surface area contributed by atoms with Gasteiger partial charge in [0.1, 0.15) is 0 Å². The minimum Gasteiger partial charge on any atom is -0.376 e. The van der Waals surface area contributed by atoms with Crippen LogP contribution in [0.3, 0.4) is 0 Å². The average Bonchev–Trinajstić information content (AvgIpc) is 3.14. The lowest BCUT2D eigenvalue weighted by molar-refractivity contribution is 0.0945. The van der Waals surface area contributed by atoms with Gasteiger partial charge in [-0.25, -0.2) is 0 Å². The van der Waals surface area contributed by atoms with E-state index in [9.17, 15) is 0 Å². The molecule has 0 aliphatic rings. The molecule has 0 fully saturated rings. The normalized spacial score (nSPS) is 12.8. The molecule has 0 aliphatic carbocycles. The van der Waals surface area contributed by atoms with E-state index in [1.165, 1.54) is 5.56 Å². The molecule has 1 atom stereocenters. The summed E-state index contributed by atoms with van der Waals surface area (Å²) in [6.45, 7) is 8.98. The SMILES string of the molecule is CCNC(=NCC(C)COCc1ccccc1)NCCn1cccc1. The number of ether oxygens (including phenoxy) is 1. The van der Waals surface area contributed by atoms with E-state index in [-0.39, 0.29) is 0 Å². The topological polar surface area (TPSA) is 50.6 Å². The number of nitrogens with zero attached hydrogens (tertiary/aromatic N) is 2. The molecule has 5 heteroatoms. The summed E-state index contributed by atoms with van der Waals surface area (Å²) in [4.78, 5) is 4.66. The molecule has 0 aliphatic heterocycles. The maximum absolute atomic E-state index is 5.79. The van der Waals surface area contributed by atoms with E-state index in [1.807, 2.05) is 30.3 Å². The van der Waals surface area contributed by atoms with Crippen LogP contribution in [0, 0.1) is 5.92 Å². The van der Waals surface area contributed by atoms with Crippen LogP contribution in [0.25, 0.3) is 0 Å².